The number of nitrogens with one attached hydrogen (secondary N) is 1. The van der Waals surface area contributed by atoms with Gasteiger partial charge in [0.2, 0.25) is 0 Å². The standard InChI is InChI=1S/C16H19BNS/c1-11-7-5-6-8-14(11)17-15-9-13(3)16(18-19-4)10-12(15)2/h5-10,18H,1-4H3. The smallest absolute Gasteiger partial charge is 0.192 e. The van der Waals surface area contributed by atoms with E-state index in [1.54, 1.807) is 11.9 Å². The highest BCUT2D eigenvalue weighted by molar-refractivity contribution is 7.99. The Morgan fingerprint density at radius 2 is 1.63 bits per heavy atom. The van der Waals surface area contributed by atoms with Crippen molar-refractivity contribution in [1.29, 1.82) is 0 Å². The second-order valence-corrected chi connectivity index (χ2v) is 5.44. The SMILES string of the molecule is CSNc1cc(C)c([B]c2ccccc2C)cc1C. The normalized spacial score (nSPS) is 10.3. The van der Waals surface area contributed by atoms with E-state index in [-0.39, 0.29) is 0 Å². The minimum Gasteiger partial charge on any atom is -0.330 e. The molecule has 0 fully saturated rings. The molecule has 19 heavy (non-hydrogen) atoms. The molecule has 0 aromatic heterocycles. The van der Waals surface area contributed by atoms with Gasteiger partial charge in [0.05, 0.1) is 0 Å². The Balaban J connectivity index is 2.31. The van der Waals surface area contributed by atoms with Crippen molar-refractivity contribution in [3.05, 3.63) is 53.1 Å². The van der Waals surface area contributed by atoms with Crippen molar-refractivity contribution in [3.63, 3.8) is 0 Å². The van der Waals surface area contributed by atoms with Crippen molar-refractivity contribution < 1.29 is 0 Å². The van der Waals surface area contributed by atoms with E-state index in [9.17, 15) is 0 Å². The zero-order valence-electron chi connectivity index (χ0n) is 11.9. The quantitative estimate of drug-likeness (QED) is 0.676. The third kappa shape index (κ3) is 3.35. The number of benzene rings is 2. The van der Waals surface area contributed by atoms with Gasteiger partial charge in [0.25, 0.3) is 0 Å². The molecule has 2 rings (SSSR count). The van der Waals surface area contributed by atoms with E-state index in [0.717, 1.165) is 0 Å². The van der Waals surface area contributed by atoms with E-state index in [1.165, 1.54) is 33.3 Å². The Bertz CT molecular complexity index is 581. The van der Waals surface area contributed by atoms with Crippen LogP contribution in [0.25, 0.3) is 0 Å². The highest BCUT2D eigenvalue weighted by Gasteiger charge is 2.07. The lowest BCUT2D eigenvalue weighted by atomic mass is 9.61. The van der Waals surface area contributed by atoms with Crippen molar-refractivity contribution in [3.8, 4) is 0 Å². The van der Waals surface area contributed by atoms with Gasteiger partial charge < -0.3 is 4.72 Å². The van der Waals surface area contributed by atoms with Crippen LogP contribution in [-0.4, -0.2) is 13.5 Å². The third-order valence-electron chi connectivity index (χ3n) is 3.32. The van der Waals surface area contributed by atoms with E-state index in [0.29, 0.717) is 0 Å². The lowest BCUT2D eigenvalue weighted by Gasteiger charge is -2.13. The van der Waals surface area contributed by atoms with E-state index in [1.807, 2.05) is 6.26 Å². The maximum Gasteiger partial charge on any atom is 0.192 e. The van der Waals surface area contributed by atoms with Gasteiger partial charge in [-0.15, -0.1) is 0 Å². The van der Waals surface area contributed by atoms with E-state index in [2.05, 4.69) is 69.2 Å². The Hall–Kier alpha value is -1.35. The van der Waals surface area contributed by atoms with Crippen molar-refractivity contribution >= 4 is 35.8 Å². The Morgan fingerprint density at radius 3 is 2.32 bits per heavy atom. The molecule has 3 heteroatoms. The fourth-order valence-corrected chi connectivity index (χ4v) is 2.57. The van der Waals surface area contributed by atoms with Crippen LogP contribution in [0.3, 0.4) is 0 Å². The van der Waals surface area contributed by atoms with Crippen LogP contribution in [0.2, 0.25) is 0 Å². The van der Waals surface area contributed by atoms with E-state index >= 15 is 0 Å². The predicted octanol–water partition coefficient (Wildman–Crippen LogP) is 2.96. The molecule has 0 aliphatic carbocycles. The molecule has 0 saturated carbocycles. The van der Waals surface area contributed by atoms with Crippen LogP contribution in [0, 0.1) is 20.8 Å². The minimum absolute atomic E-state index is 1.20. The maximum absolute atomic E-state index is 3.32. The molecule has 97 valence electrons. The molecule has 0 bridgehead atoms. The molecule has 1 nitrogen and oxygen atoms in total. The van der Waals surface area contributed by atoms with Gasteiger partial charge in [-0.05, 0) is 32.4 Å². The number of hydrogen-bond donors (Lipinski definition) is 1. The Labute approximate surface area is 121 Å². The van der Waals surface area contributed by atoms with Gasteiger partial charge >= 0.3 is 0 Å². The van der Waals surface area contributed by atoms with Gasteiger partial charge in [-0.25, -0.2) is 0 Å². The molecule has 0 saturated heterocycles. The first-order chi connectivity index (χ1) is 9.11. The molecule has 0 atom stereocenters. The van der Waals surface area contributed by atoms with Gasteiger partial charge in [-0.1, -0.05) is 64.3 Å². The fraction of sp³-hybridized carbons (Fsp3) is 0.250. The Kier molecular flexibility index (Phi) is 4.59. The zero-order valence-corrected chi connectivity index (χ0v) is 12.8. The average molecular weight is 268 g/mol. The van der Waals surface area contributed by atoms with Crippen molar-refractivity contribution in [2.75, 3.05) is 11.0 Å². The molecule has 1 N–H and O–H groups in total. The Morgan fingerprint density at radius 1 is 0.895 bits per heavy atom. The van der Waals surface area contributed by atoms with Crippen molar-refractivity contribution in [2.45, 2.75) is 20.8 Å². The molecular formula is C16H19BNS. The van der Waals surface area contributed by atoms with Crippen LogP contribution in [0.15, 0.2) is 36.4 Å². The molecule has 0 amide bonds. The van der Waals surface area contributed by atoms with Crippen LogP contribution >= 0.6 is 11.9 Å². The van der Waals surface area contributed by atoms with Crippen LogP contribution in [0.1, 0.15) is 16.7 Å². The van der Waals surface area contributed by atoms with Crippen LogP contribution < -0.4 is 15.6 Å². The molecule has 2 aromatic carbocycles. The first-order valence-corrected chi connectivity index (χ1v) is 7.65. The summed E-state index contributed by atoms with van der Waals surface area (Å²) in [5.74, 6) is 0. The molecule has 1 radical (unpaired) electrons. The molecule has 0 spiro atoms. The molecule has 0 unspecified atom stereocenters. The zero-order chi connectivity index (χ0) is 13.8. The second-order valence-electron chi connectivity index (χ2n) is 4.83. The summed E-state index contributed by atoms with van der Waals surface area (Å²) in [6, 6.07) is 13.0. The summed E-state index contributed by atoms with van der Waals surface area (Å²) in [6.07, 6.45) is 2.04. The highest BCUT2D eigenvalue weighted by atomic mass is 32.2. The van der Waals surface area contributed by atoms with Crippen molar-refractivity contribution in [2.24, 2.45) is 0 Å². The fourth-order valence-electron chi connectivity index (χ4n) is 2.13. The molecular weight excluding hydrogens is 249 g/mol. The summed E-state index contributed by atoms with van der Waals surface area (Å²) in [7, 11) is 2.26. The van der Waals surface area contributed by atoms with E-state index in [4.69, 9.17) is 0 Å². The number of hydrogen-bond acceptors (Lipinski definition) is 2. The van der Waals surface area contributed by atoms with Crippen LogP contribution in [0.4, 0.5) is 5.69 Å². The summed E-state index contributed by atoms with van der Waals surface area (Å²) in [5.41, 5.74) is 7.66. The van der Waals surface area contributed by atoms with Gasteiger partial charge in [0.15, 0.2) is 7.28 Å². The predicted molar refractivity (Wildman–Crippen MR) is 89.3 cm³/mol. The number of anilines is 1. The molecule has 0 aliphatic rings. The first-order valence-electron chi connectivity index (χ1n) is 6.42. The summed E-state index contributed by atoms with van der Waals surface area (Å²) < 4.78 is 3.32. The average Bonchev–Trinajstić information content (AvgIpc) is 2.38. The summed E-state index contributed by atoms with van der Waals surface area (Å²) in [5, 5.41) is 0. The van der Waals surface area contributed by atoms with Gasteiger partial charge in [-0.2, -0.15) is 0 Å². The van der Waals surface area contributed by atoms with Gasteiger partial charge in [-0.3, -0.25) is 0 Å². The van der Waals surface area contributed by atoms with E-state index < -0.39 is 0 Å². The van der Waals surface area contributed by atoms with Crippen molar-refractivity contribution in [1.82, 2.24) is 0 Å². The lowest BCUT2D eigenvalue weighted by molar-refractivity contribution is 1.43. The highest BCUT2D eigenvalue weighted by Crippen LogP contribution is 2.17. The second kappa shape index (κ2) is 6.20. The van der Waals surface area contributed by atoms with Gasteiger partial charge in [0.1, 0.15) is 0 Å². The monoisotopic (exact) mass is 268 g/mol. The summed E-state index contributed by atoms with van der Waals surface area (Å²) in [6.45, 7) is 6.46. The minimum atomic E-state index is 1.20. The van der Waals surface area contributed by atoms with Crippen LogP contribution in [0.5, 0.6) is 0 Å². The maximum atomic E-state index is 3.32. The lowest BCUT2D eigenvalue weighted by Crippen LogP contribution is -2.31. The molecule has 2 aromatic rings. The van der Waals surface area contributed by atoms with Crippen LogP contribution in [-0.2, 0) is 0 Å². The number of rotatable bonds is 4. The van der Waals surface area contributed by atoms with Gasteiger partial charge in [0, 0.05) is 11.9 Å². The summed E-state index contributed by atoms with van der Waals surface area (Å²) in [4.78, 5) is 0. The molecule has 0 heterocycles. The number of aryl methyl sites for hydroxylation is 3. The molecule has 0 aliphatic heterocycles. The summed E-state index contributed by atoms with van der Waals surface area (Å²) >= 11 is 1.63. The largest absolute Gasteiger partial charge is 0.330 e. The third-order valence-corrected chi connectivity index (χ3v) is 3.75. The first kappa shape index (κ1) is 14.1. The topological polar surface area (TPSA) is 12.0 Å².